The summed E-state index contributed by atoms with van der Waals surface area (Å²) in [5, 5.41) is 12.7. The number of hydrogen-bond donors (Lipinski definition) is 2. The second-order valence-electron chi connectivity index (χ2n) is 7.75. The lowest BCUT2D eigenvalue weighted by Gasteiger charge is -2.18. The molecule has 4 aromatic rings. The molecule has 0 atom stereocenters. The van der Waals surface area contributed by atoms with E-state index in [9.17, 15) is 23.1 Å². The number of anilines is 2. The van der Waals surface area contributed by atoms with Crippen LogP contribution in [0.4, 0.5) is 24.8 Å². The molecule has 0 radical (unpaired) electrons. The minimum Gasteiger partial charge on any atom is -0.484 e. The van der Waals surface area contributed by atoms with E-state index in [1.54, 1.807) is 36.3 Å². The molecule has 2 aromatic heterocycles. The van der Waals surface area contributed by atoms with Crippen molar-refractivity contribution < 1.29 is 27.8 Å². The van der Waals surface area contributed by atoms with Crippen molar-refractivity contribution in [1.29, 1.82) is 0 Å². The van der Waals surface area contributed by atoms with Gasteiger partial charge in [0.25, 0.3) is 0 Å². The molecule has 35 heavy (non-hydrogen) atoms. The predicted molar refractivity (Wildman–Crippen MR) is 121 cm³/mol. The van der Waals surface area contributed by atoms with Crippen molar-refractivity contribution in [2.75, 3.05) is 5.32 Å². The standard InChI is InChI=1S/C24H20F3N5O3/c1-14-4-3-5-15(8-14)16-9-18(22(33)34)21(35-12-17-11-28-13-32(17)2)19(10-16)30-23-29-7-6-20(31-23)24(25,26)27/h3-11,13H,12H2,1-2H3,(H,33,34)(H,29,30,31). The van der Waals surface area contributed by atoms with Crippen LogP contribution in [-0.4, -0.2) is 30.6 Å². The van der Waals surface area contributed by atoms with Gasteiger partial charge >= 0.3 is 12.1 Å². The molecule has 8 nitrogen and oxygen atoms in total. The molecule has 0 bridgehead atoms. The summed E-state index contributed by atoms with van der Waals surface area (Å²) >= 11 is 0. The van der Waals surface area contributed by atoms with E-state index in [0.717, 1.165) is 23.4 Å². The maximum Gasteiger partial charge on any atom is 0.433 e. The molecule has 0 aliphatic carbocycles. The Morgan fingerprint density at radius 1 is 1.17 bits per heavy atom. The number of benzene rings is 2. The summed E-state index contributed by atoms with van der Waals surface area (Å²) in [4.78, 5) is 23.6. The Labute approximate surface area is 198 Å². The summed E-state index contributed by atoms with van der Waals surface area (Å²) in [6.07, 6.45) is -0.581. The summed E-state index contributed by atoms with van der Waals surface area (Å²) in [5.74, 6) is -1.70. The first-order valence-electron chi connectivity index (χ1n) is 10.4. The van der Waals surface area contributed by atoms with Gasteiger partial charge in [-0.15, -0.1) is 0 Å². The van der Waals surface area contributed by atoms with E-state index in [4.69, 9.17) is 4.74 Å². The van der Waals surface area contributed by atoms with Crippen molar-refractivity contribution in [3.05, 3.63) is 83.7 Å². The van der Waals surface area contributed by atoms with E-state index in [1.807, 2.05) is 25.1 Å². The molecule has 0 saturated carbocycles. The van der Waals surface area contributed by atoms with Crippen LogP contribution in [0, 0.1) is 6.92 Å². The molecular formula is C24H20F3N5O3. The predicted octanol–water partition coefficient (Wildman–Crippen LogP) is 5.23. The second kappa shape index (κ2) is 9.45. The highest BCUT2D eigenvalue weighted by molar-refractivity contribution is 5.96. The van der Waals surface area contributed by atoms with Gasteiger partial charge in [0.05, 0.1) is 23.9 Å². The van der Waals surface area contributed by atoms with E-state index in [2.05, 4.69) is 20.3 Å². The molecule has 0 amide bonds. The highest BCUT2D eigenvalue weighted by atomic mass is 19.4. The van der Waals surface area contributed by atoms with Crippen molar-refractivity contribution in [2.45, 2.75) is 19.7 Å². The number of rotatable bonds is 7. The van der Waals surface area contributed by atoms with Crippen LogP contribution in [-0.2, 0) is 19.8 Å². The maximum atomic E-state index is 13.2. The van der Waals surface area contributed by atoms with Gasteiger partial charge in [-0.2, -0.15) is 13.2 Å². The van der Waals surface area contributed by atoms with Crippen LogP contribution < -0.4 is 10.1 Å². The van der Waals surface area contributed by atoms with Gasteiger partial charge in [-0.3, -0.25) is 0 Å². The van der Waals surface area contributed by atoms with Crippen molar-refractivity contribution in [3.63, 3.8) is 0 Å². The average molecular weight is 483 g/mol. The first kappa shape index (κ1) is 23.7. The van der Waals surface area contributed by atoms with Gasteiger partial charge in [0.1, 0.15) is 17.9 Å². The number of hydrogen-bond acceptors (Lipinski definition) is 6. The molecule has 0 aliphatic heterocycles. The Balaban J connectivity index is 1.83. The molecule has 2 N–H and O–H groups in total. The minimum absolute atomic E-state index is 0.0291. The summed E-state index contributed by atoms with van der Waals surface area (Å²) in [6.45, 7) is 1.86. The van der Waals surface area contributed by atoms with Crippen LogP contribution in [0.3, 0.4) is 0 Å². The minimum atomic E-state index is -4.67. The molecule has 180 valence electrons. The summed E-state index contributed by atoms with van der Waals surface area (Å²) in [7, 11) is 1.75. The molecular weight excluding hydrogens is 463 g/mol. The molecule has 0 unspecified atom stereocenters. The number of halogens is 3. The first-order valence-corrected chi connectivity index (χ1v) is 10.4. The summed E-state index contributed by atoms with van der Waals surface area (Å²) < 4.78 is 47.1. The van der Waals surface area contributed by atoms with E-state index < -0.39 is 17.8 Å². The number of carbonyl (C=O) groups is 1. The second-order valence-corrected chi connectivity index (χ2v) is 7.75. The number of ether oxygens (including phenoxy) is 1. The maximum absolute atomic E-state index is 13.2. The molecule has 0 saturated heterocycles. The topological polar surface area (TPSA) is 102 Å². The number of aromatic carboxylic acids is 1. The number of aryl methyl sites for hydroxylation is 2. The Morgan fingerprint density at radius 3 is 2.63 bits per heavy atom. The quantitative estimate of drug-likeness (QED) is 0.371. The Morgan fingerprint density at radius 2 is 1.97 bits per heavy atom. The third-order valence-electron chi connectivity index (χ3n) is 5.14. The molecule has 2 aromatic carbocycles. The van der Waals surface area contributed by atoms with Crippen LogP contribution in [0.1, 0.15) is 27.3 Å². The zero-order chi connectivity index (χ0) is 25.2. The average Bonchev–Trinajstić information content (AvgIpc) is 3.22. The number of imidazole rings is 1. The molecule has 0 spiro atoms. The largest absolute Gasteiger partial charge is 0.484 e. The van der Waals surface area contributed by atoms with Gasteiger partial charge < -0.3 is 19.7 Å². The number of nitrogens with one attached hydrogen (secondary N) is 1. The Kier molecular flexibility index (Phi) is 6.41. The van der Waals surface area contributed by atoms with Crippen LogP contribution in [0.2, 0.25) is 0 Å². The van der Waals surface area contributed by atoms with Gasteiger partial charge in [0.2, 0.25) is 5.95 Å². The van der Waals surface area contributed by atoms with E-state index in [0.29, 0.717) is 11.3 Å². The number of nitrogens with zero attached hydrogens (tertiary/aromatic N) is 4. The smallest absolute Gasteiger partial charge is 0.433 e. The van der Waals surface area contributed by atoms with Gasteiger partial charge in [-0.05, 0) is 36.2 Å². The van der Waals surface area contributed by atoms with Crippen LogP contribution in [0.15, 0.2) is 61.2 Å². The van der Waals surface area contributed by atoms with Gasteiger partial charge in [-0.1, -0.05) is 29.8 Å². The van der Waals surface area contributed by atoms with E-state index in [1.165, 1.54) is 6.07 Å². The van der Waals surface area contributed by atoms with Crippen LogP contribution in [0.25, 0.3) is 11.1 Å². The van der Waals surface area contributed by atoms with Gasteiger partial charge in [0.15, 0.2) is 5.75 Å². The number of carboxylic acid groups (broad SMARTS) is 1. The Hall–Kier alpha value is -4.41. The molecule has 11 heteroatoms. The first-order chi connectivity index (χ1) is 16.6. The lowest BCUT2D eigenvalue weighted by molar-refractivity contribution is -0.141. The lowest BCUT2D eigenvalue weighted by Crippen LogP contribution is -2.12. The third-order valence-corrected chi connectivity index (χ3v) is 5.14. The fraction of sp³-hybridized carbons (Fsp3) is 0.167. The number of aromatic nitrogens is 4. The molecule has 4 rings (SSSR count). The van der Waals surface area contributed by atoms with Crippen molar-refractivity contribution in [3.8, 4) is 16.9 Å². The van der Waals surface area contributed by atoms with Gasteiger partial charge in [0, 0.05) is 13.2 Å². The molecule has 0 fully saturated rings. The number of alkyl halides is 3. The SMILES string of the molecule is Cc1cccc(-c2cc(Nc3nccc(C(F)(F)F)n3)c(OCc3cncn3C)c(C(=O)O)c2)c1. The van der Waals surface area contributed by atoms with Crippen molar-refractivity contribution in [2.24, 2.45) is 7.05 Å². The fourth-order valence-electron chi connectivity index (χ4n) is 3.39. The molecule has 0 aliphatic rings. The monoisotopic (exact) mass is 483 g/mol. The zero-order valence-corrected chi connectivity index (χ0v) is 18.7. The number of carboxylic acids is 1. The fourth-order valence-corrected chi connectivity index (χ4v) is 3.39. The summed E-state index contributed by atoms with van der Waals surface area (Å²) in [5.41, 5.74) is 1.63. The third kappa shape index (κ3) is 5.40. The molecule has 2 heterocycles. The van der Waals surface area contributed by atoms with E-state index in [-0.39, 0.29) is 29.6 Å². The highest BCUT2D eigenvalue weighted by Crippen LogP contribution is 2.37. The van der Waals surface area contributed by atoms with Crippen molar-refractivity contribution >= 4 is 17.6 Å². The Bertz CT molecular complexity index is 1390. The normalized spacial score (nSPS) is 11.3. The van der Waals surface area contributed by atoms with E-state index >= 15 is 0 Å². The summed E-state index contributed by atoms with van der Waals surface area (Å²) in [6, 6.07) is 11.2. The lowest BCUT2D eigenvalue weighted by atomic mass is 9.99. The van der Waals surface area contributed by atoms with Gasteiger partial charge in [-0.25, -0.2) is 19.7 Å². The zero-order valence-electron chi connectivity index (χ0n) is 18.7. The highest BCUT2D eigenvalue weighted by Gasteiger charge is 2.33. The van der Waals surface area contributed by atoms with Crippen LogP contribution >= 0.6 is 0 Å². The van der Waals surface area contributed by atoms with Crippen molar-refractivity contribution in [1.82, 2.24) is 19.5 Å². The van der Waals surface area contributed by atoms with Crippen LogP contribution in [0.5, 0.6) is 5.75 Å².